The van der Waals surface area contributed by atoms with Gasteiger partial charge in [-0.15, -0.1) is 0 Å². The van der Waals surface area contributed by atoms with Crippen LogP contribution in [0.5, 0.6) is 0 Å². The van der Waals surface area contributed by atoms with Crippen molar-refractivity contribution in [2.75, 3.05) is 0 Å². The highest BCUT2D eigenvalue weighted by atomic mass is 16.4. The van der Waals surface area contributed by atoms with Crippen LogP contribution in [0.1, 0.15) is 33.1 Å². The molecule has 98 valence electrons. The lowest BCUT2D eigenvalue weighted by molar-refractivity contribution is -0.137. The van der Waals surface area contributed by atoms with Crippen LogP contribution < -0.4 is 16.4 Å². The summed E-state index contributed by atoms with van der Waals surface area (Å²) in [6.45, 7) is 3.29. The number of primary amides is 1. The van der Waals surface area contributed by atoms with Crippen molar-refractivity contribution in [3.8, 4) is 0 Å². The quantitative estimate of drug-likeness (QED) is 0.496. The van der Waals surface area contributed by atoms with Crippen molar-refractivity contribution in [2.24, 2.45) is 5.73 Å². The molecule has 0 heterocycles. The summed E-state index contributed by atoms with van der Waals surface area (Å²) >= 11 is 0. The summed E-state index contributed by atoms with van der Waals surface area (Å²) in [5, 5.41) is 13.4. The Morgan fingerprint density at radius 3 is 2.29 bits per heavy atom. The van der Waals surface area contributed by atoms with Gasteiger partial charge in [0.15, 0.2) is 0 Å². The third-order valence-electron chi connectivity index (χ3n) is 2.17. The second-order valence-electron chi connectivity index (χ2n) is 3.93. The summed E-state index contributed by atoms with van der Waals surface area (Å²) in [6.07, 6.45) is 1.14. The van der Waals surface area contributed by atoms with E-state index in [0.29, 0.717) is 12.8 Å². The van der Waals surface area contributed by atoms with E-state index in [2.05, 4.69) is 10.6 Å². The molecule has 0 aliphatic heterocycles. The molecule has 0 aromatic rings. The van der Waals surface area contributed by atoms with Gasteiger partial charge < -0.3 is 21.5 Å². The molecule has 0 aliphatic rings. The van der Waals surface area contributed by atoms with Gasteiger partial charge in [0.1, 0.15) is 6.04 Å². The average molecular weight is 245 g/mol. The fourth-order valence-electron chi connectivity index (χ4n) is 1.28. The van der Waals surface area contributed by atoms with E-state index in [0.717, 1.165) is 0 Å². The van der Waals surface area contributed by atoms with Crippen LogP contribution in [0.25, 0.3) is 0 Å². The molecule has 2 unspecified atom stereocenters. The van der Waals surface area contributed by atoms with Crippen molar-refractivity contribution in [2.45, 2.75) is 45.2 Å². The van der Waals surface area contributed by atoms with Crippen molar-refractivity contribution < 1.29 is 19.5 Å². The van der Waals surface area contributed by atoms with E-state index in [9.17, 15) is 14.4 Å². The van der Waals surface area contributed by atoms with Gasteiger partial charge in [-0.25, -0.2) is 4.79 Å². The van der Waals surface area contributed by atoms with Crippen molar-refractivity contribution in [1.82, 2.24) is 10.6 Å². The Hall–Kier alpha value is -1.79. The van der Waals surface area contributed by atoms with E-state index >= 15 is 0 Å². The van der Waals surface area contributed by atoms with E-state index in [1.54, 1.807) is 6.92 Å². The first kappa shape index (κ1) is 15.2. The SMILES string of the molecule is CC(CCCC(=O)O)NC(=O)C(C)NC(N)=O. The lowest BCUT2D eigenvalue weighted by Gasteiger charge is -2.17. The van der Waals surface area contributed by atoms with Gasteiger partial charge in [-0.2, -0.15) is 0 Å². The largest absolute Gasteiger partial charge is 0.481 e. The first-order valence-corrected chi connectivity index (χ1v) is 5.41. The predicted octanol–water partition coefficient (Wildman–Crippen LogP) is -0.197. The summed E-state index contributed by atoms with van der Waals surface area (Å²) in [6, 6.07) is -1.60. The fourth-order valence-corrected chi connectivity index (χ4v) is 1.28. The van der Waals surface area contributed by atoms with Crippen LogP contribution in [0.3, 0.4) is 0 Å². The number of carbonyl (C=O) groups excluding carboxylic acids is 2. The Morgan fingerprint density at radius 1 is 1.24 bits per heavy atom. The van der Waals surface area contributed by atoms with E-state index in [4.69, 9.17) is 10.8 Å². The Kier molecular flexibility index (Phi) is 6.69. The molecule has 0 bridgehead atoms. The molecule has 17 heavy (non-hydrogen) atoms. The fraction of sp³-hybridized carbons (Fsp3) is 0.700. The minimum absolute atomic E-state index is 0.0787. The van der Waals surface area contributed by atoms with E-state index in [1.807, 2.05) is 0 Å². The molecule has 5 N–H and O–H groups in total. The molecule has 2 atom stereocenters. The summed E-state index contributed by atoms with van der Waals surface area (Å²) in [5.41, 5.74) is 4.88. The van der Waals surface area contributed by atoms with E-state index in [1.165, 1.54) is 6.92 Å². The highest BCUT2D eigenvalue weighted by Crippen LogP contribution is 2.00. The van der Waals surface area contributed by atoms with Crippen molar-refractivity contribution in [3.63, 3.8) is 0 Å². The Labute approximate surface area is 99.7 Å². The molecular weight excluding hydrogens is 226 g/mol. The second kappa shape index (κ2) is 7.48. The number of hydrogen-bond donors (Lipinski definition) is 4. The zero-order chi connectivity index (χ0) is 13.4. The lowest BCUT2D eigenvalue weighted by Crippen LogP contribution is -2.48. The number of hydrogen-bond acceptors (Lipinski definition) is 3. The standard InChI is InChI=1S/C10H19N3O4/c1-6(4-3-5-8(14)15)12-9(16)7(2)13-10(11)17/h6-7H,3-5H2,1-2H3,(H,12,16)(H,14,15)(H3,11,13,17). The monoisotopic (exact) mass is 245 g/mol. The molecule has 3 amide bonds. The van der Waals surface area contributed by atoms with Crippen molar-refractivity contribution >= 4 is 17.9 Å². The van der Waals surface area contributed by atoms with Crippen LogP contribution >= 0.6 is 0 Å². The predicted molar refractivity (Wildman–Crippen MR) is 61.3 cm³/mol. The first-order chi connectivity index (χ1) is 7.82. The highest BCUT2D eigenvalue weighted by Gasteiger charge is 2.15. The molecule has 0 fully saturated rings. The molecular formula is C10H19N3O4. The van der Waals surface area contributed by atoms with Gasteiger partial charge in [0, 0.05) is 12.5 Å². The van der Waals surface area contributed by atoms with Gasteiger partial charge in [-0.3, -0.25) is 9.59 Å². The molecule has 0 aromatic heterocycles. The summed E-state index contributed by atoms with van der Waals surface area (Å²) in [4.78, 5) is 32.3. The zero-order valence-corrected chi connectivity index (χ0v) is 10.0. The first-order valence-electron chi connectivity index (χ1n) is 5.41. The Morgan fingerprint density at radius 2 is 1.82 bits per heavy atom. The van der Waals surface area contributed by atoms with Crippen LogP contribution in [0.4, 0.5) is 4.79 Å². The third-order valence-corrected chi connectivity index (χ3v) is 2.17. The molecule has 0 aromatic carbocycles. The number of urea groups is 1. The number of rotatable bonds is 7. The zero-order valence-electron chi connectivity index (χ0n) is 10.0. The molecule has 7 nitrogen and oxygen atoms in total. The minimum Gasteiger partial charge on any atom is -0.481 e. The molecule has 0 saturated carbocycles. The van der Waals surface area contributed by atoms with Crippen molar-refractivity contribution in [1.29, 1.82) is 0 Å². The number of carbonyl (C=O) groups is 3. The highest BCUT2D eigenvalue weighted by molar-refractivity contribution is 5.86. The normalized spacial score (nSPS) is 13.5. The van der Waals surface area contributed by atoms with Crippen LogP contribution in [0, 0.1) is 0 Å². The number of carboxylic acids is 1. The van der Waals surface area contributed by atoms with Crippen LogP contribution in [-0.4, -0.2) is 35.1 Å². The topological polar surface area (TPSA) is 122 Å². The van der Waals surface area contributed by atoms with Gasteiger partial charge >= 0.3 is 12.0 Å². The lowest BCUT2D eigenvalue weighted by atomic mass is 10.1. The Bertz CT molecular complexity index is 293. The number of amides is 3. The Balaban J connectivity index is 3.86. The van der Waals surface area contributed by atoms with Crippen LogP contribution in [0.15, 0.2) is 0 Å². The maximum Gasteiger partial charge on any atom is 0.312 e. The molecule has 0 rings (SSSR count). The maximum absolute atomic E-state index is 11.5. The molecule has 7 heteroatoms. The molecule has 0 spiro atoms. The summed E-state index contributed by atoms with van der Waals surface area (Å²) in [5.74, 6) is -1.20. The maximum atomic E-state index is 11.5. The molecule has 0 radical (unpaired) electrons. The number of aliphatic carboxylic acids is 1. The van der Waals surface area contributed by atoms with Gasteiger partial charge in [0.05, 0.1) is 0 Å². The van der Waals surface area contributed by atoms with E-state index < -0.39 is 18.0 Å². The summed E-state index contributed by atoms with van der Waals surface area (Å²) in [7, 11) is 0. The summed E-state index contributed by atoms with van der Waals surface area (Å²) < 4.78 is 0. The van der Waals surface area contributed by atoms with Gasteiger partial charge in [0.25, 0.3) is 0 Å². The molecule has 0 saturated heterocycles. The number of nitrogens with two attached hydrogens (primary N) is 1. The van der Waals surface area contributed by atoms with Crippen molar-refractivity contribution in [3.05, 3.63) is 0 Å². The number of nitrogens with one attached hydrogen (secondary N) is 2. The number of carboxylic acid groups (broad SMARTS) is 1. The van der Waals surface area contributed by atoms with Crippen LogP contribution in [0.2, 0.25) is 0 Å². The second-order valence-corrected chi connectivity index (χ2v) is 3.93. The third kappa shape index (κ3) is 8.06. The molecule has 0 aliphatic carbocycles. The van der Waals surface area contributed by atoms with E-state index in [-0.39, 0.29) is 18.4 Å². The smallest absolute Gasteiger partial charge is 0.312 e. The van der Waals surface area contributed by atoms with Crippen LogP contribution in [-0.2, 0) is 9.59 Å². The van der Waals surface area contributed by atoms with Gasteiger partial charge in [-0.05, 0) is 26.7 Å². The average Bonchev–Trinajstić information content (AvgIpc) is 2.15. The van der Waals surface area contributed by atoms with Gasteiger partial charge in [-0.1, -0.05) is 0 Å². The minimum atomic E-state index is -0.854. The van der Waals surface area contributed by atoms with Gasteiger partial charge in [0.2, 0.25) is 5.91 Å².